The van der Waals surface area contributed by atoms with Gasteiger partial charge in [0.25, 0.3) is 0 Å². The van der Waals surface area contributed by atoms with Crippen LogP contribution in [0.5, 0.6) is 0 Å². The highest BCUT2D eigenvalue weighted by molar-refractivity contribution is 7.99. The van der Waals surface area contributed by atoms with Crippen molar-refractivity contribution in [2.75, 3.05) is 0 Å². The van der Waals surface area contributed by atoms with E-state index in [1.54, 1.807) is 11.8 Å². The summed E-state index contributed by atoms with van der Waals surface area (Å²) in [6, 6.07) is 10.5. The lowest BCUT2D eigenvalue weighted by atomic mass is 10.0. The molecule has 0 radical (unpaired) electrons. The molecule has 0 aliphatic rings. The fourth-order valence-electron chi connectivity index (χ4n) is 1.51. The van der Waals surface area contributed by atoms with E-state index in [-0.39, 0.29) is 0 Å². The fourth-order valence-corrected chi connectivity index (χ4v) is 3.22. The number of benzene rings is 1. The van der Waals surface area contributed by atoms with Crippen LogP contribution < -0.4 is 0 Å². The van der Waals surface area contributed by atoms with Gasteiger partial charge in [-0.15, -0.1) is 11.3 Å². The third-order valence-electron chi connectivity index (χ3n) is 2.49. The third kappa shape index (κ3) is 3.20. The van der Waals surface area contributed by atoms with Gasteiger partial charge in [-0.1, -0.05) is 37.7 Å². The van der Waals surface area contributed by atoms with Crippen LogP contribution in [0.4, 0.5) is 0 Å². The first-order valence-electron chi connectivity index (χ1n) is 5.50. The van der Waals surface area contributed by atoms with Crippen LogP contribution in [-0.2, 0) is 0 Å². The molecular formula is C14H14OS2. The molecule has 1 heterocycles. The van der Waals surface area contributed by atoms with E-state index >= 15 is 0 Å². The number of carbonyl (C=O) groups is 1. The molecule has 3 heteroatoms. The molecule has 17 heavy (non-hydrogen) atoms. The summed E-state index contributed by atoms with van der Waals surface area (Å²) < 4.78 is 0. The predicted octanol–water partition coefficient (Wildman–Crippen LogP) is 4.84. The Labute approximate surface area is 110 Å². The van der Waals surface area contributed by atoms with Crippen LogP contribution >= 0.6 is 23.1 Å². The van der Waals surface area contributed by atoms with Crippen LogP contribution in [-0.4, -0.2) is 6.29 Å². The molecule has 1 aromatic heterocycles. The minimum atomic E-state index is 0.567. The second-order valence-electron chi connectivity index (χ2n) is 4.13. The number of thiophene rings is 1. The fraction of sp³-hybridized carbons (Fsp3) is 0.214. The number of rotatable bonds is 4. The van der Waals surface area contributed by atoms with Crippen molar-refractivity contribution in [1.29, 1.82) is 0 Å². The van der Waals surface area contributed by atoms with Gasteiger partial charge in [-0.05, 0) is 29.7 Å². The predicted molar refractivity (Wildman–Crippen MR) is 74.4 cm³/mol. The summed E-state index contributed by atoms with van der Waals surface area (Å²) in [4.78, 5) is 13.7. The minimum absolute atomic E-state index is 0.567. The lowest BCUT2D eigenvalue weighted by Crippen LogP contribution is -1.85. The topological polar surface area (TPSA) is 17.1 Å². The van der Waals surface area contributed by atoms with Crippen molar-refractivity contribution in [3.05, 3.63) is 46.2 Å². The maximum absolute atomic E-state index is 10.6. The summed E-state index contributed by atoms with van der Waals surface area (Å²) in [5.74, 6) is 0.567. The van der Waals surface area contributed by atoms with Crippen molar-refractivity contribution in [3.63, 3.8) is 0 Å². The van der Waals surface area contributed by atoms with Gasteiger partial charge in [-0.25, -0.2) is 0 Å². The highest BCUT2D eigenvalue weighted by Gasteiger charge is 2.03. The van der Waals surface area contributed by atoms with Crippen molar-refractivity contribution in [2.24, 2.45) is 0 Å². The lowest BCUT2D eigenvalue weighted by molar-refractivity contribution is 0.112. The van der Waals surface area contributed by atoms with Gasteiger partial charge < -0.3 is 0 Å². The second kappa shape index (κ2) is 5.52. The molecule has 88 valence electrons. The number of aldehydes is 1. The number of hydrogen-bond acceptors (Lipinski definition) is 3. The van der Waals surface area contributed by atoms with Crippen molar-refractivity contribution in [2.45, 2.75) is 29.6 Å². The van der Waals surface area contributed by atoms with Crippen molar-refractivity contribution in [3.8, 4) is 0 Å². The van der Waals surface area contributed by atoms with E-state index in [1.807, 2.05) is 11.4 Å². The monoisotopic (exact) mass is 262 g/mol. The van der Waals surface area contributed by atoms with Crippen LogP contribution in [0, 0.1) is 0 Å². The van der Waals surface area contributed by atoms with Crippen molar-refractivity contribution >= 4 is 29.4 Å². The first-order chi connectivity index (χ1) is 8.19. The molecule has 0 bridgehead atoms. The van der Waals surface area contributed by atoms with Gasteiger partial charge in [-0.2, -0.15) is 0 Å². The molecule has 0 aliphatic heterocycles. The van der Waals surface area contributed by atoms with E-state index in [4.69, 9.17) is 0 Å². The third-order valence-corrected chi connectivity index (χ3v) is 4.48. The zero-order chi connectivity index (χ0) is 12.3. The summed E-state index contributed by atoms with van der Waals surface area (Å²) in [7, 11) is 0. The lowest BCUT2D eigenvalue weighted by Gasteiger charge is -2.05. The van der Waals surface area contributed by atoms with E-state index in [0.717, 1.165) is 16.1 Å². The maximum atomic E-state index is 10.6. The Bertz CT molecular complexity index is 497. The molecule has 0 saturated heterocycles. The van der Waals surface area contributed by atoms with E-state index in [0.29, 0.717) is 5.92 Å². The minimum Gasteiger partial charge on any atom is -0.297 e. The Hall–Kier alpha value is -1.06. The smallest absolute Gasteiger partial charge is 0.160 e. The largest absolute Gasteiger partial charge is 0.297 e. The quantitative estimate of drug-likeness (QED) is 0.734. The van der Waals surface area contributed by atoms with Gasteiger partial charge >= 0.3 is 0 Å². The summed E-state index contributed by atoms with van der Waals surface area (Å²) in [6.07, 6.45) is 0.899. The van der Waals surface area contributed by atoms with Gasteiger partial charge in [0.1, 0.15) is 0 Å². The van der Waals surface area contributed by atoms with E-state index in [9.17, 15) is 4.79 Å². The first kappa shape index (κ1) is 12.4. The molecule has 0 amide bonds. The van der Waals surface area contributed by atoms with Crippen LogP contribution in [0.2, 0.25) is 0 Å². The van der Waals surface area contributed by atoms with Gasteiger partial charge in [-0.3, -0.25) is 4.79 Å². The molecule has 1 nitrogen and oxygen atoms in total. The molecule has 0 spiro atoms. The van der Waals surface area contributed by atoms with Crippen LogP contribution in [0.25, 0.3) is 0 Å². The van der Waals surface area contributed by atoms with Gasteiger partial charge in [0, 0.05) is 15.2 Å². The van der Waals surface area contributed by atoms with E-state index in [2.05, 4.69) is 38.1 Å². The first-order valence-corrected chi connectivity index (χ1v) is 7.20. The highest BCUT2D eigenvalue weighted by Crippen LogP contribution is 2.31. The van der Waals surface area contributed by atoms with Crippen LogP contribution in [0.1, 0.15) is 35.0 Å². The van der Waals surface area contributed by atoms with Crippen molar-refractivity contribution in [1.82, 2.24) is 0 Å². The number of carbonyl (C=O) groups excluding carboxylic acids is 1. The average Bonchev–Trinajstić information content (AvgIpc) is 2.77. The standard InChI is InChI=1S/C14H14OS2/c1-10(2)11-3-5-12(6-4-11)17-14-7-13(8-15)16-9-14/h3-10H,1-2H3. The van der Waals surface area contributed by atoms with Gasteiger partial charge in [0.05, 0.1) is 4.88 Å². The second-order valence-corrected chi connectivity index (χ2v) is 6.22. The molecular weight excluding hydrogens is 248 g/mol. The molecule has 0 atom stereocenters. The molecule has 1 aromatic carbocycles. The Balaban J connectivity index is 2.10. The molecule has 0 N–H and O–H groups in total. The van der Waals surface area contributed by atoms with Crippen LogP contribution in [0.3, 0.4) is 0 Å². The summed E-state index contributed by atoms with van der Waals surface area (Å²) in [6.45, 7) is 4.38. The summed E-state index contributed by atoms with van der Waals surface area (Å²) in [5.41, 5.74) is 1.35. The Morgan fingerprint density at radius 2 is 1.88 bits per heavy atom. The molecule has 0 unspecified atom stereocenters. The van der Waals surface area contributed by atoms with E-state index in [1.165, 1.54) is 21.8 Å². The van der Waals surface area contributed by atoms with E-state index < -0.39 is 0 Å². The zero-order valence-electron chi connectivity index (χ0n) is 9.84. The average molecular weight is 262 g/mol. The normalized spacial score (nSPS) is 10.8. The van der Waals surface area contributed by atoms with Gasteiger partial charge in [0.15, 0.2) is 6.29 Å². The Kier molecular flexibility index (Phi) is 4.02. The number of hydrogen-bond donors (Lipinski definition) is 0. The summed E-state index contributed by atoms with van der Waals surface area (Å²) in [5, 5.41) is 2.02. The summed E-state index contributed by atoms with van der Waals surface area (Å²) >= 11 is 3.18. The molecule has 0 aliphatic carbocycles. The zero-order valence-corrected chi connectivity index (χ0v) is 11.5. The van der Waals surface area contributed by atoms with Gasteiger partial charge in [0.2, 0.25) is 0 Å². The Morgan fingerprint density at radius 1 is 1.18 bits per heavy atom. The Morgan fingerprint density at radius 3 is 2.41 bits per heavy atom. The SMILES string of the molecule is CC(C)c1ccc(Sc2csc(C=O)c2)cc1. The molecule has 0 fully saturated rings. The highest BCUT2D eigenvalue weighted by atomic mass is 32.2. The molecule has 2 aromatic rings. The molecule has 0 saturated carbocycles. The maximum Gasteiger partial charge on any atom is 0.160 e. The van der Waals surface area contributed by atoms with Crippen LogP contribution in [0.15, 0.2) is 45.5 Å². The molecule has 2 rings (SSSR count). The van der Waals surface area contributed by atoms with Crippen molar-refractivity contribution < 1.29 is 4.79 Å².